The number of nitrogens with zero attached hydrogens (tertiary/aromatic N) is 4. The molecular formula is C17H20N6O4S. The van der Waals surface area contributed by atoms with E-state index in [1.807, 2.05) is 0 Å². The maximum atomic E-state index is 12.4. The fraction of sp³-hybridized carbons (Fsp3) is 0.294. The van der Waals surface area contributed by atoms with Crippen molar-refractivity contribution in [2.45, 2.75) is 31.3 Å². The average molecular weight is 404 g/mol. The number of carbonyl (C=O) groups excluding carboxylic acids is 1. The highest BCUT2D eigenvalue weighted by atomic mass is 32.2. The van der Waals surface area contributed by atoms with Crippen LogP contribution in [-0.2, 0) is 28.4 Å². The molecule has 28 heavy (non-hydrogen) atoms. The number of sulfonamides is 1. The summed E-state index contributed by atoms with van der Waals surface area (Å²) in [7, 11) is -1.93. The molecule has 2 N–H and O–H groups in total. The first-order valence-corrected chi connectivity index (χ1v) is 9.95. The van der Waals surface area contributed by atoms with Gasteiger partial charge < -0.3 is 5.32 Å². The number of carbonyl (C=O) groups is 1. The van der Waals surface area contributed by atoms with Crippen LogP contribution < -0.4 is 15.6 Å². The predicted molar refractivity (Wildman–Crippen MR) is 103 cm³/mol. The second kappa shape index (κ2) is 7.52. The van der Waals surface area contributed by atoms with Crippen LogP contribution in [0, 0.1) is 0 Å². The van der Waals surface area contributed by atoms with Gasteiger partial charge in [-0.05, 0) is 38.1 Å². The monoisotopic (exact) mass is 404 g/mol. The van der Waals surface area contributed by atoms with Gasteiger partial charge in [0.2, 0.25) is 15.9 Å². The van der Waals surface area contributed by atoms with Crippen LogP contribution in [-0.4, -0.2) is 39.7 Å². The molecule has 1 aromatic carbocycles. The third-order valence-electron chi connectivity index (χ3n) is 3.87. The maximum Gasteiger partial charge on any atom is 0.264 e. The van der Waals surface area contributed by atoms with E-state index in [2.05, 4.69) is 20.1 Å². The van der Waals surface area contributed by atoms with Gasteiger partial charge in [-0.3, -0.25) is 18.8 Å². The molecule has 2 heterocycles. The Morgan fingerprint density at radius 2 is 1.89 bits per heavy atom. The van der Waals surface area contributed by atoms with E-state index in [0.717, 1.165) is 0 Å². The molecule has 0 atom stereocenters. The summed E-state index contributed by atoms with van der Waals surface area (Å²) in [6, 6.07) is 5.54. The van der Waals surface area contributed by atoms with Crippen molar-refractivity contribution in [1.29, 1.82) is 0 Å². The number of aromatic nitrogens is 4. The summed E-state index contributed by atoms with van der Waals surface area (Å²) in [5.74, 6) is -0.442. The molecule has 3 rings (SSSR count). The first-order valence-electron chi connectivity index (χ1n) is 8.47. The summed E-state index contributed by atoms with van der Waals surface area (Å²) in [5.41, 5.74) is 0.486. The third kappa shape index (κ3) is 4.10. The average Bonchev–Trinajstić information content (AvgIpc) is 2.98. The van der Waals surface area contributed by atoms with E-state index in [0.29, 0.717) is 16.7 Å². The number of anilines is 1. The lowest BCUT2D eigenvalue weighted by Gasteiger charge is -2.11. The highest BCUT2D eigenvalue weighted by molar-refractivity contribution is 7.89. The third-order valence-corrected chi connectivity index (χ3v) is 5.55. The van der Waals surface area contributed by atoms with Crippen LogP contribution in [0.5, 0.6) is 0 Å². The molecule has 11 heteroatoms. The van der Waals surface area contributed by atoms with Crippen molar-refractivity contribution in [3.05, 3.63) is 47.1 Å². The molecule has 0 fully saturated rings. The van der Waals surface area contributed by atoms with Gasteiger partial charge in [0.1, 0.15) is 18.3 Å². The summed E-state index contributed by atoms with van der Waals surface area (Å²) in [6.07, 6.45) is 2.70. The van der Waals surface area contributed by atoms with E-state index in [1.54, 1.807) is 20.9 Å². The molecule has 0 spiro atoms. The standard InChI is InChI=1S/C17H20N6O4S/c1-11(2)21-28(26,27)13-6-4-12(5-7-13)20-15(24)9-23-10-18-16-14(17(23)25)8-19-22(16)3/h4-8,10-11,21H,9H2,1-3H3,(H,20,24). The second-order valence-corrected chi connectivity index (χ2v) is 8.25. The Labute approximate surface area is 161 Å². The van der Waals surface area contributed by atoms with Crippen LogP contribution in [0.25, 0.3) is 11.0 Å². The Morgan fingerprint density at radius 1 is 1.21 bits per heavy atom. The van der Waals surface area contributed by atoms with Crippen molar-refractivity contribution in [2.24, 2.45) is 7.05 Å². The number of hydrogen-bond acceptors (Lipinski definition) is 6. The van der Waals surface area contributed by atoms with Crippen molar-refractivity contribution in [2.75, 3.05) is 5.32 Å². The number of rotatable bonds is 6. The number of fused-ring (bicyclic) bond motifs is 1. The lowest BCUT2D eigenvalue weighted by Crippen LogP contribution is -2.30. The summed E-state index contributed by atoms with van der Waals surface area (Å²) in [5, 5.41) is 6.93. The molecule has 2 aromatic heterocycles. The lowest BCUT2D eigenvalue weighted by molar-refractivity contribution is -0.116. The fourth-order valence-electron chi connectivity index (χ4n) is 2.63. The minimum atomic E-state index is -3.60. The van der Waals surface area contributed by atoms with Gasteiger partial charge in [0.15, 0.2) is 5.65 Å². The molecule has 0 bridgehead atoms. The Balaban J connectivity index is 1.72. The van der Waals surface area contributed by atoms with E-state index < -0.39 is 15.9 Å². The molecule has 3 aromatic rings. The number of aryl methyl sites for hydroxylation is 1. The first-order chi connectivity index (χ1) is 13.2. The zero-order valence-electron chi connectivity index (χ0n) is 15.6. The van der Waals surface area contributed by atoms with Gasteiger partial charge in [0.25, 0.3) is 5.56 Å². The quantitative estimate of drug-likeness (QED) is 0.614. The normalized spacial score (nSPS) is 11.9. The van der Waals surface area contributed by atoms with Gasteiger partial charge in [-0.1, -0.05) is 0 Å². The molecule has 1 amide bonds. The zero-order valence-corrected chi connectivity index (χ0v) is 16.4. The number of hydrogen-bond donors (Lipinski definition) is 2. The predicted octanol–water partition coefficient (Wildman–Crippen LogP) is 0.455. The van der Waals surface area contributed by atoms with Crippen molar-refractivity contribution in [3.8, 4) is 0 Å². The molecule has 0 aliphatic carbocycles. The summed E-state index contributed by atoms with van der Waals surface area (Å²) in [4.78, 5) is 28.9. The van der Waals surface area contributed by atoms with Crippen LogP contribution in [0.4, 0.5) is 5.69 Å². The van der Waals surface area contributed by atoms with E-state index in [-0.39, 0.29) is 23.0 Å². The Hall–Kier alpha value is -3.05. The minimum Gasteiger partial charge on any atom is -0.325 e. The SMILES string of the molecule is CC(C)NS(=O)(=O)c1ccc(NC(=O)Cn2cnc3c(cnn3C)c2=O)cc1. The number of benzene rings is 1. The molecule has 148 valence electrons. The smallest absolute Gasteiger partial charge is 0.264 e. The van der Waals surface area contributed by atoms with E-state index >= 15 is 0 Å². The lowest BCUT2D eigenvalue weighted by atomic mass is 10.3. The molecule has 10 nitrogen and oxygen atoms in total. The molecular weight excluding hydrogens is 384 g/mol. The highest BCUT2D eigenvalue weighted by Gasteiger charge is 2.15. The summed E-state index contributed by atoms with van der Waals surface area (Å²) in [6.45, 7) is 3.23. The van der Waals surface area contributed by atoms with Gasteiger partial charge in [-0.2, -0.15) is 5.10 Å². The molecule has 0 radical (unpaired) electrons. The van der Waals surface area contributed by atoms with Crippen LogP contribution in [0.3, 0.4) is 0 Å². The first kappa shape index (κ1) is 19.7. The maximum absolute atomic E-state index is 12.4. The summed E-state index contributed by atoms with van der Waals surface area (Å²) >= 11 is 0. The number of nitrogens with one attached hydrogen (secondary N) is 2. The van der Waals surface area contributed by atoms with Crippen molar-refractivity contribution in [1.82, 2.24) is 24.1 Å². The Kier molecular flexibility index (Phi) is 5.29. The van der Waals surface area contributed by atoms with Gasteiger partial charge in [-0.15, -0.1) is 0 Å². The van der Waals surface area contributed by atoms with E-state index in [4.69, 9.17) is 0 Å². The summed E-state index contributed by atoms with van der Waals surface area (Å²) < 4.78 is 29.4. The van der Waals surface area contributed by atoms with Gasteiger partial charge in [-0.25, -0.2) is 18.1 Å². The van der Waals surface area contributed by atoms with Crippen LogP contribution in [0.15, 0.2) is 46.5 Å². The molecule has 0 saturated carbocycles. The van der Waals surface area contributed by atoms with Gasteiger partial charge in [0, 0.05) is 18.8 Å². The van der Waals surface area contributed by atoms with Crippen LogP contribution in [0.1, 0.15) is 13.8 Å². The Morgan fingerprint density at radius 3 is 2.54 bits per heavy atom. The van der Waals surface area contributed by atoms with E-state index in [1.165, 1.54) is 46.0 Å². The van der Waals surface area contributed by atoms with E-state index in [9.17, 15) is 18.0 Å². The molecule has 0 aliphatic heterocycles. The topological polar surface area (TPSA) is 128 Å². The molecule has 0 aliphatic rings. The zero-order chi connectivity index (χ0) is 20.5. The van der Waals surface area contributed by atoms with Crippen LogP contribution >= 0.6 is 0 Å². The minimum absolute atomic E-state index is 0.0987. The second-order valence-electron chi connectivity index (χ2n) is 6.53. The van der Waals surface area contributed by atoms with Crippen LogP contribution in [0.2, 0.25) is 0 Å². The molecule has 0 saturated heterocycles. The van der Waals surface area contributed by atoms with Gasteiger partial charge >= 0.3 is 0 Å². The highest BCUT2D eigenvalue weighted by Crippen LogP contribution is 2.14. The largest absolute Gasteiger partial charge is 0.325 e. The van der Waals surface area contributed by atoms with Crippen molar-refractivity contribution < 1.29 is 13.2 Å². The molecule has 0 unspecified atom stereocenters. The Bertz CT molecular complexity index is 1180. The van der Waals surface area contributed by atoms with Gasteiger partial charge in [0.05, 0.1) is 11.1 Å². The fourth-order valence-corrected chi connectivity index (χ4v) is 3.88. The van der Waals surface area contributed by atoms with Crippen molar-refractivity contribution >= 4 is 32.7 Å². The van der Waals surface area contributed by atoms with Crippen molar-refractivity contribution in [3.63, 3.8) is 0 Å². The number of amides is 1.